The largest absolute Gasteiger partial charge is 1.00 e. The van der Waals surface area contributed by atoms with E-state index < -0.39 is 37.5 Å². The average molecular weight is 1010 g/mol. The van der Waals surface area contributed by atoms with Crippen LogP contribution in [0.3, 0.4) is 0 Å². The summed E-state index contributed by atoms with van der Waals surface area (Å²) in [4.78, 5) is 46.2. The molecule has 0 saturated heterocycles. The van der Waals surface area contributed by atoms with Gasteiger partial charge in [0.05, 0.1) is 55.5 Å². The third-order valence-electron chi connectivity index (χ3n) is 4.27. The summed E-state index contributed by atoms with van der Waals surface area (Å²) in [6.45, 7) is -2.04. The number of aliphatic carboxylic acids is 3. The molecule has 0 spiro atoms. The molecule has 2 aromatic rings. The Balaban J connectivity index is -0.00000116. The Morgan fingerprint density at radius 2 is 1.00 bits per heavy atom. The first-order valence-corrected chi connectivity index (χ1v) is 9.78. The maximum Gasteiger partial charge on any atom is 1.00 e. The van der Waals surface area contributed by atoms with E-state index in [1.165, 1.54) is 17.0 Å². The summed E-state index contributed by atoms with van der Waals surface area (Å²) < 4.78 is 11.3. The zero-order valence-electron chi connectivity index (χ0n) is 22.0. The second-order valence-electron chi connectivity index (χ2n) is 6.65. The maximum absolute atomic E-state index is 11.0. The molecule has 0 unspecified atom stereocenters. The van der Waals surface area contributed by atoms with Gasteiger partial charge in [-0.2, -0.15) is 0 Å². The van der Waals surface area contributed by atoms with E-state index in [9.17, 15) is 34.5 Å². The van der Waals surface area contributed by atoms with Crippen LogP contribution in [-0.2, 0) is 19.2 Å². The van der Waals surface area contributed by atoms with Gasteiger partial charge in [-0.3, -0.25) is 0 Å². The van der Waals surface area contributed by atoms with Crippen LogP contribution in [0, 0.1) is 0 Å². The first kappa shape index (κ1) is 48.8. The third kappa shape index (κ3) is 19.3. The molecule has 2 rings (SSSR count). The van der Waals surface area contributed by atoms with Crippen molar-refractivity contribution in [3.63, 3.8) is 0 Å². The van der Waals surface area contributed by atoms with E-state index in [0.29, 0.717) is 17.7 Å². The quantitative estimate of drug-likeness (QED) is 0.121. The van der Waals surface area contributed by atoms with E-state index in [-0.39, 0.29) is 312 Å². The van der Waals surface area contributed by atoms with Crippen LogP contribution in [0.2, 0.25) is 0 Å². The number of para-hydroxylation sites is 4. The second-order valence-corrected chi connectivity index (χ2v) is 6.65. The smallest absolute Gasteiger partial charge is 0.870 e. The number of anilines is 2. The number of rotatable bonds is 15. The van der Waals surface area contributed by atoms with Crippen molar-refractivity contribution in [3.8, 4) is 11.5 Å². The van der Waals surface area contributed by atoms with Gasteiger partial charge in [-0.05, 0) is 24.3 Å². The molecule has 0 aromatic heterocycles. The normalized spacial score (nSPS) is 8.84. The van der Waals surface area contributed by atoms with E-state index in [4.69, 9.17) is 9.47 Å². The van der Waals surface area contributed by atoms with Crippen molar-refractivity contribution in [2.45, 2.75) is 0 Å². The zero-order chi connectivity index (χ0) is 24.2. The molecule has 0 fully saturated rings. The Morgan fingerprint density at radius 1 is 0.658 bits per heavy atom. The fraction of sp³-hybridized carbons (Fsp3) is 0.273. The van der Waals surface area contributed by atoms with E-state index >= 15 is 0 Å². The number of benzene rings is 2. The molecule has 0 atom stereocenters. The van der Waals surface area contributed by atoms with Gasteiger partial charge < -0.3 is 59.2 Å². The molecule has 0 bridgehead atoms. The maximum atomic E-state index is 11.0. The van der Waals surface area contributed by atoms with Gasteiger partial charge in [-0.1, -0.05) is 24.3 Å². The third-order valence-corrected chi connectivity index (χ3v) is 4.27. The van der Waals surface area contributed by atoms with Crippen molar-refractivity contribution < 1.29 is 325 Å². The molecule has 0 radical (unpaired) electrons. The van der Waals surface area contributed by atoms with Crippen LogP contribution in [0.4, 0.5) is 11.4 Å². The SMILES string of the molecule is O=CCN(CC(=O)[O-])c1ccccc1OCCOc1ccccc1N(CC(=O)[O-])CC(=O)[O-].[Cs+].[Cs+].[Cs+].[Cs+].[OH-]. The van der Waals surface area contributed by atoms with E-state index in [2.05, 4.69) is 0 Å². The number of ether oxygens (including phenoxy) is 2. The Morgan fingerprint density at radius 3 is 1.37 bits per heavy atom. The van der Waals surface area contributed by atoms with Crippen molar-refractivity contribution >= 4 is 35.6 Å². The molecular formula is C22H22Cs4N2O10. The molecule has 12 nitrogen and oxygen atoms in total. The number of carbonyl (C=O) groups is 4. The Bertz CT molecular complexity index is 984. The average Bonchev–Trinajstić information content (AvgIpc) is 2.75. The molecule has 0 aliphatic heterocycles. The van der Waals surface area contributed by atoms with E-state index in [1.807, 2.05) is 0 Å². The number of hydrogen-bond donors (Lipinski definition) is 0. The fourth-order valence-corrected chi connectivity index (χ4v) is 3.02. The van der Waals surface area contributed by atoms with Crippen molar-refractivity contribution in [2.75, 3.05) is 49.2 Å². The molecule has 1 N–H and O–H groups in total. The van der Waals surface area contributed by atoms with Gasteiger partial charge in [-0.25, -0.2) is 0 Å². The minimum absolute atomic E-state index is 0. The Kier molecular flexibility index (Phi) is 36.4. The first-order chi connectivity index (χ1) is 15.8. The van der Waals surface area contributed by atoms with Gasteiger partial charge in [0.15, 0.2) is 0 Å². The number of hydrogen-bond acceptors (Lipinski definition) is 12. The summed E-state index contributed by atoms with van der Waals surface area (Å²) in [6, 6.07) is 12.8. The number of aldehydes is 1. The predicted molar refractivity (Wildman–Crippen MR) is 111 cm³/mol. The first-order valence-electron chi connectivity index (χ1n) is 9.78. The summed E-state index contributed by atoms with van der Waals surface area (Å²) in [5.74, 6) is -3.77. The fourth-order valence-electron chi connectivity index (χ4n) is 3.02. The molecule has 0 amide bonds. The van der Waals surface area contributed by atoms with Crippen LogP contribution >= 0.6 is 0 Å². The van der Waals surface area contributed by atoms with Gasteiger partial charge in [-0.15, -0.1) is 0 Å². The molecule has 184 valence electrons. The minimum atomic E-state index is -1.47. The van der Waals surface area contributed by atoms with Crippen molar-refractivity contribution in [3.05, 3.63) is 48.5 Å². The van der Waals surface area contributed by atoms with Crippen molar-refractivity contribution in [2.24, 2.45) is 0 Å². The van der Waals surface area contributed by atoms with E-state index in [1.54, 1.807) is 36.4 Å². The van der Waals surface area contributed by atoms with Crippen LogP contribution in [-0.4, -0.2) is 69.1 Å². The summed E-state index contributed by atoms with van der Waals surface area (Å²) in [5.41, 5.74) is 0.598. The van der Waals surface area contributed by atoms with Gasteiger partial charge in [0.1, 0.15) is 31.0 Å². The minimum Gasteiger partial charge on any atom is -0.870 e. The monoisotopic (exact) mass is 1010 g/mol. The van der Waals surface area contributed by atoms with Crippen LogP contribution in [0.25, 0.3) is 0 Å². The number of carboxylic acid groups (broad SMARTS) is 3. The van der Waals surface area contributed by atoms with Crippen LogP contribution in [0.1, 0.15) is 0 Å². The Labute approximate surface area is 456 Å². The van der Waals surface area contributed by atoms with Crippen LogP contribution in [0.15, 0.2) is 48.5 Å². The molecule has 38 heavy (non-hydrogen) atoms. The molecule has 0 heterocycles. The van der Waals surface area contributed by atoms with Gasteiger partial charge in [0.2, 0.25) is 0 Å². The van der Waals surface area contributed by atoms with Crippen LogP contribution in [0.5, 0.6) is 11.5 Å². The van der Waals surface area contributed by atoms with Gasteiger partial charge >= 0.3 is 276 Å². The molecule has 0 aliphatic carbocycles. The van der Waals surface area contributed by atoms with Gasteiger partial charge in [0.25, 0.3) is 0 Å². The summed E-state index contributed by atoms with van der Waals surface area (Å²) in [5, 5.41) is 33.0. The summed E-state index contributed by atoms with van der Waals surface area (Å²) in [7, 11) is 0. The van der Waals surface area contributed by atoms with Crippen molar-refractivity contribution in [1.29, 1.82) is 0 Å². The molecular weight excluding hydrogens is 984 g/mol. The number of carboxylic acids is 3. The second kappa shape index (κ2) is 28.4. The van der Waals surface area contributed by atoms with Crippen LogP contribution < -0.4 is 310 Å². The van der Waals surface area contributed by atoms with E-state index in [0.717, 1.165) is 4.90 Å². The standard InChI is InChI=1S/C22H24N2O9.4Cs.H2O/c25-10-9-23(13-20(26)27)16-5-1-3-7-18(16)32-11-12-33-19-8-4-2-6-17(19)24(14-21(28)29)15-22(30)31;;;;;/h1-8,10H,9,11-15H2,(H,26,27)(H,28,29)(H,30,31);;;;;1H2/q;4*+1;/p-4. The summed E-state index contributed by atoms with van der Waals surface area (Å²) in [6.07, 6.45) is 0.560. The van der Waals surface area contributed by atoms with Gasteiger partial charge in [0, 0.05) is 0 Å². The molecule has 16 heteroatoms. The Hall–Kier alpha value is 3.89. The topological polar surface area (TPSA) is 192 Å². The predicted octanol–water partition coefficient (Wildman–Crippen LogP) is -15.0. The summed E-state index contributed by atoms with van der Waals surface area (Å²) >= 11 is 0. The molecule has 0 saturated carbocycles. The molecule has 2 aromatic carbocycles. The zero-order valence-corrected chi connectivity index (χ0v) is 47.1. The molecule has 0 aliphatic rings. The number of nitrogens with zero attached hydrogens (tertiary/aromatic N) is 2. The van der Waals surface area contributed by atoms with Crippen molar-refractivity contribution in [1.82, 2.24) is 0 Å². The number of carbonyl (C=O) groups excluding carboxylic acids is 4.